The molecule has 2 aliphatic heterocycles. The van der Waals surface area contributed by atoms with Crippen molar-refractivity contribution in [1.82, 2.24) is 15.2 Å². The van der Waals surface area contributed by atoms with Gasteiger partial charge in [-0.05, 0) is 44.9 Å². The van der Waals surface area contributed by atoms with E-state index in [1.165, 1.54) is 23.5 Å². The maximum absolute atomic E-state index is 14.1. The highest BCUT2D eigenvalue weighted by atomic mass is 79.9. The van der Waals surface area contributed by atoms with Crippen LogP contribution in [0, 0.1) is 11.7 Å². The average molecular weight is 682 g/mol. The number of rotatable bonds is 12. The number of halogens is 2. The predicted octanol–water partition coefficient (Wildman–Crippen LogP) is 3.79. The minimum Gasteiger partial charge on any atom is -0.465 e. The Labute approximate surface area is 261 Å². The van der Waals surface area contributed by atoms with E-state index in [4.69, 9.17) is 23.9 Å². The number of nitrogens with zero attached hydrogens (tertiary/aromatic N) is 3. The van der Waals surface area contributed by atoms with Gasteiger partial charge in [-0.3, -0.25) is 19.5 Å². The number of aromatic nitrogens is 1. The van der Waals surface area contributed by atoms with Crippen molar-refractivity contribution in [3.8, 4) is 0 Å². The van der Waals surface area contributed by atoms with Crippen molar-refractivity contribution in [2.75, 3.05) is 46.1 Å². The molecule has 2 aromatic rings. The average Bonchev–Trinajstić information content (AvgIpc) is 3.52. The van der Waals surface area contributed by atoms with Gasteiger partial charge in [-0.1, -0.05) is 22.0 Å². The molecule has 3 heterocycles. The molecule has 2 unspecified atom stereocenters. The van der Waals surface area contributed by atoms with Gasteiger partial charge in [0, 0.05) is 40.9 Å². The minimum atomic E-state index is -1.14. The lowest BCUT2D eigenvalue weighted by Gasteiger charge is -2.38. The van der Waals surface area contributed by atoms with E-state index in [2.05, 4.69) is 26.2 Å². The summed E-state index contributed by atoms with van der Waals surface area (Å²) in [7, 11) is 0. The lowest BCUT2D eigenvalue weighted by atomic mass is 9.94. The molecule has 11 nitrogen and oxygen atoms in total. The lowest BCUT2D eigenvalue weighted by molar-refractivity contribution is -0.163. The molecule has 0 saturated carbocycles. The number of aliphatic imine (C=N–C) groups is 1. The fourth-order valence-electron chi connectivity index (χ4n) is 4.93. The van der Waals surface area contributed by atoms with Gasteiger partial charge in [0.1, 0.15) is 11.9 Å². The number of hydrogen-bond acceptors (Lipinski definition) is 12. The molecule has 0 bridgehead atoms. The number of nitrogens with one attached hydrogen (secondary N) is 1. The summed E-state index contributed by atoms with van der Waals surface area (Å²) < 4.78 is 36.1. The van der Waals surface area contributed by atoms with Crippen LogP contribution in [0.3, 0.4) is 0 Å². The van der Waals surface area contributed by atoms with Crippen molar-refractivity contribution >= 4 is 51.0 Å². The van der Waals surface area contributed by atoms with Crippen LogP contribution in [0.25, 0.3) is 0 Å². The quantitative estimate of drug-likeness (QED) is 0.201. The van der Waals surface area contributed by atoms with Gasteiger partial charge in [-0.15, -0.1) is 11.3 Å². The van der Waals surface area contributed by atoms with Gasteiger partial charge >= 0.3 is 17.9 Å². The standard InChI is InChI=1S/C29H34BrFN4O7S/c1-4-40-27(36)20(28(37)41-5-2)14-18-16-39-11-10-35(18)15-22-23(29(38)42-6-3)24(19-8-7-17(31)13-21(19)30)34-25(33-22)26-32-9-12-43-26/h7-9,12-13,18,20,24H,4-6,10-11,14-16H2,1-3H3,(H,33,34). The Morgan fingerprint density at radius 2 is 1.88 bits per heavy atom. The molecular formula is C29H34BrFN4O7S. The number of carbonyl (C=O) groups is 3. The number of carbonyl (C=O) groups excluding carboxylic acids is 3. The minimum absolute atomic E-state index is 0.0973. The van der Waals surface area contributed by atoms with Crippen LogP contribution in [0.4, 0.5) is 4.39 Å². The van der Waals surface area contributed by atoms with E-state index < -0.39 is 35.7 Å². The third-order valence-electron chi connectivity index (χ3n) is 6.87. The van der Waals surface area contributed by atoms with Crippen LogP contribution in [0.15, 0.2) is 50.5 Å². The first-order chi connectivity index (χ1) is 20.8. The second-order valence-electron chi connectivity index (χ2n) is 9.61. The van der Waals surface area contributed by atoms with Gasteiger partial charge in [0.2, 0.25) is 0 Å². The molecule has 232 valence electrons. The van der Waals surface area contributed by atoms with Crippen LogP contribution in [0.1, 0.15) is 43.8 Å². The Balaban J connectivity index is 1.75. The number of esters is 3. The molecule has 1 aromatic carbocycles. The van der Waals surface area contributed by atoms with Gasteiger partial charge in [0.25, 0.3) is 0 Å². The van der Waals surface area contributed by atoms with E-state index in [9.17, 15) is 18.8 Å². The molecule has 0 amide bonds. The summed E-state index contributed by atoms with van der Waals surface area (Å²) in [6.07, 6.45) is 1.75. The summed E-state index contributed by atoms with van der Waals surface area (Å²) in [6.45, 7) is 6.76. The molecule has 0 radical (unpaired) electrons. The number of ether oxygens (including phenoxy) is 4. The molecule has 2 atom stereocenters. The molecule has 14 heteroatoms. The smallest absolute Gasteiger partial charge is 0.338 e. The number of morpholine rings is 1. The number of amidine groups is 1. The second-order valence-corrected chi connectivity index (χ2v) is 11.4. The molecule has 2 aliphatic rings. The van der Waals surface area contributed by atoms with E-state index in [-0.39, 0.29) is 51.0 Å². The van der Waals surface area contributed by atoms with Gasteiger partial charge < -0.3 is 24.3 Å². The van der Waals surface area contributed by atoms with Crippen LogP contribution in [-0.4, -0.2) is 85.8 Å². The Hall–Kier alpha value is -3.20. The molecule has 4 rings (SSSR count). The van der Waals surface area contributed by atoms with Gasteiger partial charge in [0.05, 0.1) is 38.6 Å². The lowest BCUT2D eigenvalue weighted by Crippen LogP contribution is -2.50. The first kappa shape index (κ1) is 32.7. The van der Waals surface area contributed by atoms with Crippen molar-refractivity contribution in [2.24, 2.45) is 10.9 Å². The Bertz CT molecular complexity index is 1350. The molecule has 43 heavy (non-hydrogen) atoms. The molecule has 0 aliphatic carbocycles. The third kappa shape index (κ3) is 8.05. The van der Waals surface area contributed by atoms with E-state index in [0.717, 1.165) is 0 Å². The molecule has 1 aromatic heterocycles. The SMILES string of the molecule is CCOC(=O)C1=C(CN2CCOCC2CC(C(=O)OCC)C(=O)OCC)NC(c2nccs2)=NC1c1ccc(F)cc1Br. The molecule has 1 fully saturated rings. The number of thiazole rings is 1. The largest absolute Gasteiger partial charge is 0.465 e. The highest BCUT2D eigenvalue weighted by Crippen LogP contribution is 2.37. The summed E-state index contributed by atoms with van der Waals surface area (Å²) in [5.74, 6) is -3.03. The van der Waals surface area contributed by atoms with Gasteiger partial charge in [0.15, 0.2) is 16.8 Å². The van der Waals surface area contributed by atoms with E-state index in [0.29, 0.717) is 39.7 Å². The van der Waals surface area contributed by atoms with E-state index in [1.54, 1.807) is 33.0 Å². The molecule has 0 spiro atoms. The fourth-order valence-corrected chi connectivity index (χ4v) is 6.09. The zero-order chi connectivity index (χ0) is 30.9. The predicted molar refractivity (Wildman–Crippen MR) is 160 cm³/mol. The summed E-state index contributed by atoms with van der Waals surface area (Å²) >= 11 is 4.82. The van der Waals surface area contributed by atoms with Crippen molar-refractivity contribution in [1.29, 1.82) is 0 Å². The Morgan fingerprint density at radius 3 is 2.51 bits per heavy atom. The number of benzene rings is 1. The molecule has 1 N–H and O–H groups in total. The molecule has 1 saturated heterocycles. The second kappa shape index (κ2) is 15.5. The highest BCUT2D eigenvalue weighted by Gasteiger charge is 2.39. The van der Waals surface area contributed by atoms with Crippen molar-refractivity contribution in [3.05, 3.63) is 61.9 Å². The maximum atomic E-state index is 14.1. The summed E-state index contributed by atoms with van der Waals surface area (Å²) in [5, 5.41) is 5.72. The zero-order valence-electron chi connectivity index (χ0n) is 24.1. The summed E-state index contributed by atoms with van der Waals surface area (Å²) in [5.41, 5.74) is 1.34. The number of hydrogen-bond donors (Lipinski definition) is 1. The first-order valence-electron chi connectivity index (χ1n) is 14.0. The van der Waals surface area contributed by atoms with Crippen molar-refractivity contribution in [2.45, 2.75) is 39.3 Å². The Kier molecular flexibility index (Phi) is 11.8. The van der Waals surface area contributed by atoms with E-state index >= 15 is 0 Å². The first-order valence-corrected chi connectivity index (χ1v) is 15.7. The molecular weight excluding hydrogens is 647 g/mol. The fraction of sp³-hybridized carbons (Fsp3) is 0.483. The topological polar surface area (TPSA) is 129 Å². The summed E-state index contributed by atoms with van der Waals surface area (Å²) in [4.78, 5) is 50.3. The van der Waals surface area contributed by atoms with Crippen LogP contribution in [0.2, 0.25) is 0 Å². The van der Waals surface area contributed by atoms with Crippen LogP contribution >= 0.6 is 27.3 Å². The normalized spacial score (nSPS) is 19.1. The van der Waals surface area contributed by atoms with Gasteiger partial charge in [-0.2, -0.15) is 0 Å². The Morgan fingerprint density at radius 1 is 1.16 bits per heavy atom. The summed E-state index contributed by atoms with van der Waals surface area (Å²) in [6, 6.07) is 2.99. The van der Waals surface area contributed by atoms with Gasteiger partial charge in [-0.25, -0.2) is 14.2 Å². The van der Waals surface area contributed by atoms with Crippen LogP contribution < -0.4 is 5.32 Å². The third-order valence-corrected chi connectivity index (χ3v) is 8.34. The zero-order valence-corrected chi connectivity index (χ0v) is 26.5. The van der Waals surface area contributed by atoms with E-state index in [1.807, 2.05) is 10.3 Å². The van der Waals surface area contributed by atoms with Crippen molar-refractivity contribution in [3.63, 3.8) is 0 Å². The highest BCUT2D eigenvalue weighted by molar-refractivity contribution is 9.10. The van der Waals surface area contributed by atoms with Crippen LogP contribution in [-0.2, 0) is 33.3 Å². The monoisotopic (exact) mass is 680 g/mol. The van der Waals surface area contributed by atoms with Crippen LogP contribution in [0.5, 0.6) is 0 Å². The van der Waals surface area contributed by atoms with Crippen molar-refractivity contribution < 1.29 is 37.7 Å². The maximum Gasteiger partial charge on any atom is 0.338 e.